The molecule has 0 aromatic heterocycles. The number of benzene rings is 2. The van der Waals surface area contributed by atoms with Gasteiger partial charge in [0.25, 0.3) is 0 Å². The van der Waals surface area contributed by atoms with Crippen LogP contribution in [0.5, 0.6) is 11.5 Å². The van der Waals surface area contributed by atoms with Gasteiger partial charge in [-0.15, -0.1) is 0 Å². The number of rotatable bonds is 3. The molecule has 2 aromatic carbocycles. The minimum atomic E-state index is -0.365. The Bertz CT molecular complexity index is 547. The Balaban J connectivity index is 2.35. The number of carbonyl (C=O) groups is 1. The molecule has 3 heteroatoms. The minimum absolute atomic E-state index is 0.0310. The minimum Gasteiger partial charge on any atom is -0.504 e. The highest BCUT2D eigenvalue weighted by atomic mass is 16.5. The van der Waals surface area contributed by atoms with Crippen molar-refractivity contribution in [1.29, 1.82) is 0 Å². The predicted octanol–water partition coefficient (Wildman–Crippen LogP) is 3.37. The number of hydrogen-bond acceptors (Lipinski definition) is 3. The van der Waals surface area contributed by atoms with Gasteiger partial charge >= 0.3 is 5.97 Å². The number of carbonyl (C=O) groups excluding carboxylic acids is 1. The summed E-state index contributed by atoms with van der Waals surface area (Å²) in [5.41, 5.74) is 1.90. The number of aromatic hydroxyl groups is 1. The van der Waals surface area contributed by atoms with Gasteiger partial charge in [-0.05, 0) is 23.3 Å². The molecule has 1 N–H and O–H groups in total. The Hall–Kier alpha value is -2.29. The summed E-state index contributed by atoms with van der Waals surface area (Å²) in [6.07, 6.45) is 0.273. The van der Waals surface area contributed by atoms with Crippen LogP contribution in [0.2, 0.25) is 0 Å². The molecule has 0 aliphatic carbocycles. The van der Waals surface area contributed by atoms with Crippen LogP contribution in [0.15, 0.2) is 48.5 Å². The van der Waals surface area contributed by atoms with Crippen molar-refractivity contribution in [2.24, 2.45) is 0 Å². The fourth-order valence-corrected chi connectivity index (χ4v) is 1.60. The molecule has 0 spiro atoms. The molecule has 0 aliphatic heterocycles. The van der Waals surface area contributed by atoms with E-state index in [1.807, 2.05) is 30.3 Å². The van der Waals surface area contributed by atoms with Crippen LogP contribution in [0.4, 0.5) is 0 Å². The third-order valence-electron chi connectivity index (χ3n) is 2.58. The molecule has 18 heavy (non-hydrogen) atoms. The maximum absolute atomic E-state index is 11.2. The van der Waals surface area contributed by atoms with Gasteiger partial charge in [0.1, 0.15) is 0 Å². The number of ether oxygens (including phenoxy) is 1. The first-order valence-electron chi connectivity index (χ1n) is 5.80. The Morgan fingerprint density at radius 2 is 1.83 bits per heavy atom. The van der Waals surface area contributed by atoms with Crippen LogP contribution in [-0.4, -0.2) is 11.1 Å². The highest BCUT2D eigenvalue weighted by Crippen LogP contribution is 2.31. The lowest BCUT2D eigenvalue weighted by atomic mass is 10.1. The average Bonchev–Trinajstić information content (AvgIpc) is 2.42. The maximum Gasteiger partial charge on any atom is 0.311 e. The third-order valence-corrected chi connectivity index (χ3v) is 2.58. The van der Waals surface area contributed by atoms with E-state index in [0.717, 1.165) is 11.1 Å². The van der Waals surface area contributed by atoms with E-state index in [1.54, 1.807) is 19.1 Å². The summed E-state index contributed by atoms with van der Waals surface area (Å²) >= 11 is 0. The SMILES string of the molecule is CCC(=O)Oc1cc(-c2ccccc2)ccc1O. The fourth-order valence-electron chi connectivity index (χ4n) is 1.60. The molecule has 92 valence electrons. The van der Waals surface area contributed by atoms with Crippen LogP contribution in [0, 0.1) is 0 Å². The lowest BCUT2D eigenvalue weighted by molar-refractivity contribution is -0.134. The van der Waals surface area contributed by atoms with E-state index in [2.05, 4.69) is 0 Å². The van der Waals surface area contributed by atoms with E-state index < -0.39 is 0 Å². The zero-order chi connectivity index (χ0) is 13.0. The van der Waals surface area contributed by atoms with Crippen molar-refractivity contribution in [3.8, 4) is 22.6 Å². The first kappa shape index (κ1) is 12.2. The zero-order valence-electron chi connectivity index (χ0n) is 10.1. The monoisotopic (exact) mass is 242 g/mol. The smallest absolute Gasteiger partial charge is 0.311 e. The van der Waals surface area contributed by atoms with Crippen molar-refractivity contribution < 1.29 is 14.6 Å². The predicted molar refractivity (Wildman–Crippen MR) is 69.5 cm³/mol. The van der Waals surface area contributed by atoms with Gasteiger partial charge in [0, 0.05) is 6.42 Å². The summed E-state index contributed by atoms with van der Waals surface area (Å²) in [6.45, 7) is 1.71. The van der Waals surface area contributed by atoms with Crippen LogP contribution >= 0.6 is 0 Å². The van der Waals surface area contributed by atoms with E-state index >= 15 is 0 Å². The summed E-state index contributed by atoms with van der Waals surface area (Å²) in [7, 11) is 0. The van der Waals surface area contributed by atoms with Gasteiger partial charge in [0.05, 0.1) is 0 Å². The van der Waals surface area contributed by atoms with Crippen molar-refractivity contribution in [2.75, 3.05) is 0 Å². The van der Waals surface area contributed by atoms with E-state index in [9.17, 15) is 9.90 Å². The molecule has 2 aromatic rings. The van der Waals surface area contributed by atoms with Gasteiger partial charge in [0.15, 0.2) is 11.5 Å². The summed E-state index contributed by atoms with van der Waals surface area (Å²) in [6, 6.07) is 14.7. The Morgan fingerprint density at radius 1 is 1.11 bits per heavy atom. The molecule has 0 fully saturated rings. The van der Waals surface area contributed by atoms with Crippen molar-refractivity contribution in [1.82, 2.24) is 0 Å². The van der Waals surface area contributed by atoms with Gasteiger partial charge in [-0.2, -0.15) is 0 Å². The first-order valence-corrected chi connectivity index (χ1v) is 5.80. The summed E-state index contributed by atoms with van der Waals surface area (Å²) in [5.74, 6) is -0.199. The third kappa shape index (κ3) is 2.69. The van der Waals surface area contributed by atoms with E-state index in [4.69, 9.17) is 4.74 Å². The zero-order valence-corrected chi connectivity index (χ0v) is 10.1. The maximum atomic E-state index is 11.2. The molecule has 0 aliphatic rings. The summed E-state index contributed by atoms with van der Waals surface area (Å²) in [4.78, 5) is 11.2. The van der Waals surface area contributed by atoms with Crippen LogP contribution in [-0.2, 0) is 4.79 Å². The molecule has 0 heterocycles. The second-order valence-corrected chi connectivity index (χ2v) is 3.88. The molecule has 0 unspecified atom stereocenters. The number of esters is 1. The average molecular weight is 242 g/mol. The van der Waals surface area contributed by atoms with Gasteiger partial charge in [-0.3, -0.25) is 4.79 Å². The Morgan fingerprint density at radius 3 is 2.50 bits per heavy atom. The molecule has 0 amide bonds. The molecule has 0 atom stereocenters. The Kier molecular flexibility index (Phi) is 3.63. The van der Waals surface area contributed by atoms with Crippen LogP contribution in [0.25, 0.3) is 11.1 Å². The quantitative estimate of drug-likeness (QED) is 0.663. The van der Waals surface area contributed by atoms with Crippen molar-refractivity contribution >= 4 is 5.97 Å². The van der Waals surface area contributed by atoms with Crippen molar-refractivity contribution in [2.45, 2.75) is 13.3 Å². The van der Waals surface area contributed by atoms with E-state index in [-0.39, 0.29) is 23.9 Å². The van der Waals surface area contributed by atoms with E-state index in [1.165, 1.54) is 6.07 Å². The van der Waals surface area contributed by atoms with Crippen LogP contribution in [0.1, 0.15) is 13.3 Å². The lowest BCUT2D eigenvalue weighted by Crippen LogP contribution is -2.05. The molecular formula is C15H14O3. The molecule has 0 radical (unpaired) electrons. The topological polar surface area (TPSA) is 46.5 Å². The van der Waals surface area contributed by atoms with Gasteiger partial charge in [0.2, 0.25) is 0 Å². The molecule has 0 saturated heterocycles. The van der Waals surface area contributed by atoms with Gasteiger partial charge < -0.3 is 9.84 Å². The number of phenols is 1. The second kappa shape index (κ2) is 5.36. The highest BCUT2D eigenvalue weighted by Gasteiger charge is 2.09. The van der Waals surface area contributed by atoms with E-state index in [0.29, 0.717) is 0 Å². The summed E-state index contributed by atoms with van der Waals surface area (Å²) in [5, 5.41) is 9.65. The highest BCUT2D eigenvalue weighted by molar-refractivity contribution is 5.74. The molecular weight excluding hydrogens is 228 g/mol. The van der Waals surface area contributed by atoms with Gasteiger partial charge in [-0.1, -0.05) is 43.3 Å². The fraction of sp³-hybridized carbons (Fsp3) is 0.133. The second-order valence-electron chi connectivity index (χ2n) is 3.88. The molecule has 3 nitrogen and oxygen atoms in total. The first-order chi connectivity index (χ1) is 8.70. The van der Waals surface area contributed by atoms with Crippen LogP contribution < -0.4 is 4.74 Å². The standard InChI is InChI=1S/C15H14O3/c1-2-15(17)18-14-10-12(8-9-13(14)16)11-6-4-3-5-7-11/h3-10,16H,2H2,1H3. The van der Waals surface area contributed by atoms with Gasteiger partial charge in [-0.25, -0.2) is 0 Å². The van der Waals surface area contributed by atoms with Crippen molar-refractivity contribution in [3.05, 3.63) is 48.5 Å². The lowest BCUT2D eigenvalue weighted by Gasteiger charge is -2.08. The van der Waals surface area contributed by atoms with Crippen molar-refractivity contribution in [3.63, 3.8) is 0 Å². The number of hydrogen-bond donors (Lipinski definition) is 1. The largest absolute Gasteiger partial charge is 0.504 e. The summed E-state index contributed by atoms with van der Waals surface area (Å²) < 4.78 is 5.07. The Labute approximate surface area is 106 Å². The molecule has 0 saturated carbocycles. The molecule has 0 bridgehead atoms. The molecule has 2 rings (SSSR count). The van der Waals surface area contributed by atoms with Crippen LogP contribution in [0.3, 0.4) is 0 Å². The normalized spacial score (nSPS) is 10.1. The number of phenolic OH excluding ortho intramolecular Hbond substituents is 1.